The molecule has 0 aliphatic carbocycles. The van der Waals surface area contributed by atoms with Crippen molar-refractivity contribution in [2.24, 2.45) is 38.2 Å². The van der Waals surface area contributed by atoms with Crippen LogP contribution in [0.15, 0.2) is 152 Å². The number of benzene rings is 5. The summed E-state index contributed by atoms with van der Waals surface area (Å²) in [5.74, 6) is -9.20. The minimum absolute atomic E-state index is 0.109. The number of amides is 5. The number of carboxylic acids is 6. The summed E-state index contributed by atoms with van der Waals surface area (Å²) < 4.78 is 253. The van der Waals surface area contributed by atoms with Crippen molar-refractivity contribution < 1.29 is 186 Å². The summed E-state index contributed by atoms with van der Waals surface area (Å²) in [4.78, 5) is 124. The number of rotatable bonds is 33. The van der Waals surface area contributed by atoms with E-state index in [1.165, 1.54) is 0 Å². The van der Waals surface area contributed by atoms with Crippen LogP contribution in [0.25, 0.3) is 0 Å². The van der Waals surface area contributed by atoms with Gasteiger partial charge in [0.2, 0.25) is 0 Å². The fraction of sp³-hybridized carbons (Fsp3) is 0.500. The molecule has 46 heteroatoms. The second-order valence-electron chi connectivity index (χ2n) is 31.9. The number of alkyl carbamates (subject to hydrolysis) is 5. The van der Waals surface area contributed by atoms with E-state index in [0.29, 0.717) is 27.8 Å². The minimum atomic E-state index is -4.59. The van der Waals surface area contributed by atoms with E-state index in [4.69, 9.17) is 60.1 Å². The zero-order valence-corrected chi connectivity index (χ0v) is 70.8. The van der Waals surface area contributed by atoms with Crippen LogP contribution in [0.2, 0.25) is 0 Å². The molecule has 0 aliphatic rings. The van der Waals surface area contributed by atoms with Crippen molar-refractivity contribution >= 4 is 66.3 Å². The highest BCUT2D eigenvalue weighted by Crippen LogP contribution is 2.46. The van der Waals surface area contributed by atoms with Crippen molar-refractivity contribution in [2.45, 2.75) is 228 Å². The Balaban J connectivity index is 0.00000152. The van der Waals surface area contributed by atoms with Gasteiger partial charge in [-0.3, -0.25) is 4.79 Å². The van der Waals surface area contributed by atoms with Crippen molar-refractivity contribution in [1.29, 1.82) is 0 Å². The monoisotopic (exact) mass is 1860 g/mol. The Bertz CT molecular complexity index is 3720. The molecular weight excluding hydrogens is 1760 g/mol. The maximum absolute atomic E-state index is 12.8. The molecular formula is C82H102F18N6O22. The van der Waals surface area contributed by atoms with E-state index >= 15 is 0 Å². The highest BCUT2D eigenvalue weighted by atomic mass is 19.4. The molecule has 5 rings (SSSR count). The fourth-order valence-electron chi connectivity index (χ4n) is 9.42. The molecule has 0 saturated heterocycles. The third-order valence-electron chi connectivity index (χ3n) is 18.2. The number of hydrogen-bond donors (Lipinski definition) is 12. The molecule has 0 bridgehead atoms. The van der Waals surface area contributed by atoms with Gasteiger partial charge in [0.1, 0.15) is 69.3 Å². The fourth-order valence-corrected chi connectivity index (χ4v) is 9.42. The summed E-state index contributed by atoms with van der Waals surface area (Å²) in [7, 11) is 0. The Kier molecular flexibility index (Phi) is 45.8. The van der Waals surface area contributed by atoms with Crippen LogP contribution in [0.4, 0.5) is 103 Å². The van der Waals surface area contributed by atoms with Crippen LogP contribution in [-0.2, 0) is 85.5 Å². The topological polar surface area (TPSA) is 441 Å². The normalized spacial score (nSPS) is 13.5. The standard InChI is InChI=1S/5C15H18F3NO4.C7H12F3NO2/c5*1-14(2,15(16,17)18)8-11(12(20)21)19-13(22)23-9-10-6-4-3-5-7-10;1-6(2,7(8,9)10)3-4(11)5(12)13/h5*3-7,11H,8-9H2,1-2H3,(H,19,22)(H,20,21);4H,3,11H2,1-2H3,(H,12,13)/t;;;;;4-/m.....1/s1. The molecule has 13 N–H and O–H groups in total. The SMILES string of the molecule is CC(C)(CC(NC(=O)OCc1ccccc1)C(=O)O)C(F)(F)F.CC(C)(CC(NC(=O)OCc1ccccc1)C(=O)O)C(F)(F)F.CC(C)(CC(NC(=O)OCc1ccccc1)C(=O)O)C(F)(F)F.CC(C)(CC(NC(=O)OCc1ccccc1)C(=O)O)C(F)(F)F.CC(C)(CC(NC(=O)OCc1ccccc1)C(=O)O)C(F)(F)F.CC(C)(C[C@@H](N)C(=O)O)C(F)(F)F. The third-order valence-corrected chi connectivity index (χ3v) is 18.2. The molecule has 718 valence electrons. The highest BCUT2D eigenvalue weighted by molar-refractivity contribution is 5.82. The van der Waals surface area contributed by atoms with Gasteiger partial charge in [-0.15, -0.1) is 0 Å². The van der Waals surface area contributed by atoms with E-state index in [1.54, 1.807) is 152 Å². The molecule has 128 heavy (non-hydrogen) atoms. The van der Waals surface area contributed by atoms with Crippen molar-refractivity contribution in [3.63, 3.8) is 0 Å². The summed E-state index contributed by atoms with van der Waals surface area (Å²) in [6.07, 6.45) is -37.4. The first kappa shape index (κ1) is 116. The van der Waals surface area contributed by atoms with Gasteiger partial charge in [-0.05, 0) is 66.3 Å². The molecule has 5 aromatic carbocycles. The van der Waals surface area contributed by atoms with Crippen LogP contribution in [0.5, 0.6) is 0 Å². The number of carboxylic acid groups (broad SMARTS) is 6. The average molecular weight is 1870 g/mol. The van der Waals surface area contributed by atoms with Crippen molar-refractivity contribution in [3.05, 3.63) is 179 Å². The summed E-state index contributed by atoms with van der Waals surface area (Å²) >= 11 is 0. The zero-order chi connectivity index (χ0) is 99.2. The lowest BCUT2D eigenvalue weighted by Gasteiger charge is -2.30. The Morgan fingerprint density at radius 3 is 0.477 bits per heavy atom. The third kappa shape index (κ3) is 44.4. The molecule has 0 aliphatic heterocycles. The Hall–Kier alpha value is -12.0. The van der Waals surface area contributed by atoms with E-state index in [1.807, 2.05) is 26.6 Å². The molecule has 0 fully saturated rings. The summed E-state index contributed by atoms with van der Waals surface area (Å²) in [5, 5.41) is 63.1. The number of alkyl halides is 18. The van der Waals surface area contributed by atoms with E-state index in [9.17, 15) is 132 Å². The lowest BCUT2D eigenvalue weighted by molar-refractivity contribution is -0.216. The number of halogens is 18. The van der Waals surface area contributed by atoms with Gasteiger partial charge in [0.05, 0.1) is 32.5 Å². The van der Waals surface area contributed by atoms with Gasteiger partial charge in [0.25, 0.3) is 0 Å². The van der Waals surface area contributed by atoms with Crippen LogP contribution in [0.3, 0.4) is 0 Å². The van der Waals surface area contributed by atoms with E-state index in [0.717, 1.165) is 83.1 Å². The lowest BCUT2D eigenvalue weighted by atomic mass is 9.85. The first-order chi connectivity index (χ1) is 58.2. The Labute approximate surface area is 722 Å². The first-order valence-corrected chi connectivity index (χ1v) is 37.6. The van der Waals surface area contributed by atoms with Crippen LogP contribution in [-0.4, -0.2) is 170 Å². The predicted octanol–water partition coefficient (Wildman–Crippen LogP) is 18.1. The first-order valence-electron chi connectivity index (χ1n) is 37.6. The average Bonchev–Trinajstić information content (AvgIpc) is 0.833. The van der Waals surface area contributed by atoms with Crippen molar-refractivity contribution in [2.75, 3.05) is 0 Å². The van der Waals surface area contributed by atoms with Crippen LogP contribution in [0.1, 0.15) is 149 Å². The molecule has 0 spiro atoms. The second kappa shape index (κ2) is 50.5. The van der Waals surface area contributed by atoms with Gasteiger partial charge in [0.15, 0.2) is 0 Å². The molecule has 5 aromatic rings. The lowest BCUT2D eigenvalue weighted by Crippen LogP contribution is -2.47. The molecule has 0 aromatic heterocycles. The van der Waals surface area contributed by atoms with Gasteiger partial charge in [-0.25, -0.2) is 47.9 Å². The van der Waals surface area contributed by atoms with Gasteiger partial charge in [0, 0.05) is 0 Å². The summed E-state index contributed by atoms with van der Waals surface area (Å²) in [5.41, 5.74) is -5.01. The van der Waals surface area contributed by atoms with Crippen LogP contribution >= 0.6 is 0 Å². The smallest absolute Gasteiger partial charge is 0.408 e. The number of aliphatic carboxylic acids is 6. The summed E-state index contributed by atoms with van der Waals surface area (Å²) in [6, 6.07) is 33.0. The largest absolute Gasteiger partial charge is 0.480 e. The predicted molar refractivity (Wildman–Crippen MR) is 418 cm³/mol. The number of hydrogen-bond acceptors (Lipinski definition) is 17. The quantitative estimate of drug-likeness (QED) is 0.0137. The van der Waals surface area contributed by atoms with Crippen molar-refractivity contribution in [3.8, 4) is 0 Å². The van der Waals surface area contributed by atoms with Gasteiger partial charge in [-0.2, -0.15) is 79.0 Å². The maximum atomic E-state index is 12.8. The maximum Gasteiger partial charge on any atom is 0.408 e. The minimum Gasteiger partial charge on any atom is -0.480 e. The Morgan fingerprint density at radius 2 is 0.367 bits per heavy atom. The number of nitrogens with one attached hydrogen (secondary N) is 5. The Morgan fingerprint density at radius 1 is 0.242 bits per heavy atom. The molecule has 28 nitrogen and oxygen atoms in total. The molecule has 0 radical (unpaired) electrons. The number of carbonyl (C=O) groups is 11. The van der Waals surface area contributed by atoms with Crippen LogP contribution in [0, 0.1) is 32.5 Å². The van der Waals surface area contributed by atoms with E-state index in [2.05, 4.69) is 0 Å². The summed E-state index contributed by atoms with van der Waals surface area (Å²) in [6.45, 7) is 10.1. The highest BCUT2D eigenvalue weighted by Gasteiger charge is 2.54. The zero-order valence-electron chi connectivity index (χ0n) is 70.8. The van der Waals surface area contributed by atoms with Crippen molar-refractivity contribution in [1.82, 2.24) is 26.6 Å². The van der Waals surface area contributed by atoms with Gasteiger partial charge >= 0.3 is 103 Å². The van der Waals surface area contributed by atoms with E-state index < -0.39 is 211 Å². The molecule has 5 amide bonds. The number of nitrogens with two attached hydrogens (primary N) is 1. The van der Waals surface area contributed by atoms with Gasteiger partial charge < -0.3 is 86.6 Å². The molecule has 5 unspecified atom stereocenters. The van der Waals surface area contributed by atoms with Gasteiger partial charge in [-0.1, -0.05) is 235 Å². The van der Waals surface area contributed by atoms with Crippen LogP contribution < -0.4 is 32.3 Å². The molecule has 6 atom stereocenters. The molecule has 0 saturated carbocycles. The number of ether oxygens (including phenoxy) is 5. The van der Waals surface area contributed by atoms with E-state index in [-0.39, 0.29) is 33.0 Å². The second-order valence-corrected chi connectivity index (χ2v) is 31.9. The number of carbonyl (C=O) groups excluding carboxylic acids is 5. The molecule has 0 heterocycles.